The molecule has 2 aromatic rings. The molecule has 0 bridgehead atoms. The second kappa shape index (κ2) is 6.07. The molecule has 2 heterocycles. The van der Waals surface area contributed by atoms with Crippen molar-refractivity contribution in [3.63, 3.8) is 0 Å². The summed E-state index contributed by atoms with van der Waals surface area (Å²) in [5, 5.41) is 8.96. The zero-order valence-electron chi connectivity index (χ0n) is 13.1. The lowest BCUT2D eigenvalue weighted by Gasteiger charge is -2.37. The minimum absolute atomic E-state index is 0.481. The van der Waals surface area contributed by atoms with E-state index in [0.717, 1.165) is 32.0 Å². The van der Waals surface area contributed by atoms with Gasteiger partial charge in [0.25, 0.3) is 0 Å². The fraction of sp³-hybridized carbons (Fsp3) is 0.333. The first-order valence-electron chi connectivity index (χ1n) is 7.61. The van der Waals surface area contributed by atoms with E-state index < -0.39 is 0 Å². The first-order chi connectivity index (χ1) is 10.7. The summed E-state index contributed by atoms with van der Waals surface area (Å²) in [5.41, 5.74) is 4.44. The number of piperazine rings is 1. The van der Waals surface area contributed by atoms with Crippen molar-refractivity contribution in [2.45, 2.75) is 13.8 Å². The van der Waals surface area contributed by atoms with Gasteiger partial charge in [0.05, 0.1) is 0 Å². The van der Waals surface area contributed by atoms with E-state index in [1.807, 2.05) is 12.1 Å². The predicted molar refractivity (Wildman–Crippen MR) is 89.3 cm³/mol. The molecule has 0 N–H and O–H groups in total. The lowest BCUT2D eigenvalue weighted by atomic mass is 10.1. The van der Waals surface area contributed by atoms with Crippen LogP contribution in [0.4, 0.5) is 11.5 Å². The van der Waals surface area contributed by atoms with Crippen molar-refractivity contribution in [1.29, 1.82) is 5.26 Å². The quantitative estimate of drug-likeness (QED) is 0.853. The highest BCUT2D eigenvalue weighted by molar-refractivity contribution is 5.56. The molecule has 3 rings (SSSR count). The Morgan fingerprint density at radius 2 is 1.73 bits per heavy atom. The van der Waals surface area contributed by atoms with Crippen LogP contribution >= 0.6 is 0 Å². The summed E-state index contributed by atoms with van der Waals surface area (Å²) in [5.74, 6) is 0.902. The van der Waals surface area contributed by atoms with Crippen LogP contribution < -0.4 is 9.80 Å². The minimum atomic E-state index is 0.481. The Hall–Kier alpha value is -2.54. The summed E-state index contributed by atoms with van der Waals surface area (Å²) in [6, 6.07) is 14.4. The molecule has 0 spiro atoms. The van der Waals surface area contributed by atoms with Gasteiger partial charge in [0.1, 0.15) is 17.6 Å². The van der Waals surface area contributed by atoms with Crippen LogP contribution in [0.3, 0.4) is 0 Å². The van der Waals surface area contributed by atoms with Crippen LogP contribution in [0, 0.1) is 25.2 Å². The summed E-state index contributed by atoms with van der Waals surface area (Å²) in [4.78, 5) is 9.07. The molecule has 112 valence electrons. The molecule has 0 saturated carbocycles. The summed E-state index contributed by atoms with van der Waals surface area (Å²) >= 11 is 0. The van der Waals surface area contributed by atoms with Gasteiger partial charge in [-0.15, -0.1) is 0 Å². The Morgan fingerprint density at radius 3 is 2.41 bits per heavy atom. The van der Waals surface area contributed by atoms with Gasteiger partial charge in [-0.1, -0.05) is 23.8 Å². The van der Waals surface area contributed by atoms with E-state index in [1.54, 1.807) is 6.07 Å². The highest BCUT2D eigenvalue weighted by Crippen LogP contribution is 2.23. The average Bonchev–Trinajstić information content (AvgIpc) is 2.55. The van der Waals surface area contributed by atoms with Crippen molar-refractivity contribution < 1.29 is 0 Å². The maximum Gasteiger partial charge on any atom is 0.142 e. The molecular formula is C18H20N4. The van der Waals surface area contributed by atoms with Gasteiger partial charge in [-0.3, -0.25) is 0 Å². The Kier molecular flexibility index (Phi) is 3.97. The fourth-order valence-corrected chi connectivity index (χ4v) is 3.00. The molecular weight excluding hydrogens is 272 g/mol. The van der Waals surface area contributed by atoms with Crippen LogP contribution in [-0.4, -0.2) is 31.2 Å². The molecule has 1 fully saturated rings. The maximum atomic E-state index is 8.96. The molecule has 1 aromatic carbocycles. The lowest BCUT2D eigenvalue weighted by molar-refractivity contribution is 0.646. The van der Waals surface area contributed by atoms with Crippen molar-refractivity contribution in [2.24, 2.45) is 0 Å². The Morgan fingerprint density at radius 1 is 1.00 bits per heavy atom. The molecule has 0 aliphatic carbocycles. The molecule has 0 atom stereocenters. The highest BCUT2D eigenvalue weighted by atomic mass is 15.3. The normalized spacial score (nSPS) is 14.8. The highest BCUT2D eigenvalue weighted by Gasteiger charge is 2.19. The number of hydrogen-bond donors (Lipinski definition) is 0. The average molecular weight is 292 g/mol. The van der Waals surface area contributed by atoms with Gasteiger partial charge < -0.3 is 9.80 Å². The largest absolute Gasteiger partial charge is 0.368 e. The second-order valence-corrected chi connectivity index (χ2v) is 5.76. The van der Waals surface area contributed by atoms with Gasteiger partial charge in [-0.05, 0) is 37.6 Å². The van der Waals surface area contributed by atoms with Crippen LogP contribution in [0.2, 0.25) is 0 Å². The zero-order valence-corrected chi connectivity index (χ0v) is 13.1. The van der Waals surface area contributed by atoms with E-state index in [1.165, 1.54) is 16.8 Å². The molecule has 1 aliphatic rings. The first-order valence-corrected chi connectivity index (χ1v) is 7.61. The topological polar surface area (TPSA) is 43.2 Å². The summed E-state index contributed by atoms with van der Waals surface area (Å²) in [6.07, 6.45) is 0. The zero-order chi connectivity index (χ0) is 15.5. The molecule has 4 heteroatoms. The number of pyridine rings is 1. The standard InChI is InChI=1S/C18H20N4/c1-14-6-7-17(15(2)12-14)21-8-10-22(11-9-21)18-5-3-4-16(13-19)20-18/h3-7,12H,8-11H2,1-2H3. The van der Waals surface area contributed by atoms with Crippen LogP contribution in [0.5, 0.6) is 0 Å². The third-order valence-electron chi connectivity index (χ3n) is 4.15. The Balaban J connectivity index is 1.71. The SMILES string of the molecule is Cc1ccc(N2CCN(c3cccc(C#N)n3)CC2)c(C)c1. The predicted octanol–water partition coefficient (Wildman–Crippen LogP) is 2.90. The van der Waals surface area contributed by atoms with Crippen LogP contribution in [-0.2, 0) is 0 Å². The van der Waals surface area contributed by atoms with E-state index in [2.05, 4.69) is 52.9 Å². The monoisotopic (exact) mass is 292 g/mol. The summed E-state index contributed by atoms with van der Waals surface area (Å²) in [6.45, 7) is 8.10. The first kappa shape index (κ1) is 14.4. The molecule has 22 heavy (non-hydrogen) atoms. The van der Waals surface area contributed by atoms with E-state index in [0.29, 0.717) is 5.69 Å². The number of hydrogen-bond acceptors (Lipinski definition) is 4. The molecule has 1 aromatic heterocycles. The molecule has 1 saturated heterocycles. The summed E-state index contributed by atoms with van der Waals surface area (Å²) in [7, 11) is 0. The van der Waals surface area contributed by atoms with Crippen molar-refractivity contribution >= 4 is 11.5 Å². The van der Waals surface area contributed by atoms with Crippen LogP contribution in [0.25, 0.3) is 0 Å². The van der Waals surface area contributed by atoms with Crippen LogP contribution in [0.1, 0.15) is 16.8 Å². The van der Waals surface area contributed by atoms with E-state index in [9.17, 15) is 0 Å². The fourth-order valence-electron chi connectivity index (χ4n) is 3.00. The number of benzene rings is 1. The van der Waals surface area contributed by atoms with Gasteiger partial charge >= 0.3 is 0 Å². The number of aryl methyl sites for hydroxylation is 2. The number of aromatic nitrogens is 1. The van der Waals surface area contributed by atoms with Crippen molar-refractivity contribution in [3.8, 4) is 6.07 Å². The lowest BCUT2D eigenvalue weighted by Crippen LogP contribution is -2.47. The smallest absolute Gasteiger partial charge is 0.142 e. The summed E-state index contributed by atoms with van der Waals surface area (Å²) < 4.78 is 0. The van der Waals surface area contributed by atoms with Gasteiger partial charge in [-0.25, -0.2) is 4.98 Å². The van der Waals surface area contributed by atoms with E-state index in [-0.39, 0.29) is 0 Å². The number of anilines is 2. The van der Waals surface area contributed by atoms with Gasteiger partial charge in [0.15, 0.2) is 0 Å². The second-order valence-electron chi connectivity index (χ2n) is 5.76. The molecule has 4 nitrogen and oxygen atoms in total. The number of nitrogens with zero attached hydrogens (tertiary/aromatic N) is 4. The molecule has 0 amide bonds. The van der Waals surface area contributed by atoms with E-state index in [4.69, 9.17) is 5.26 Å². The van der Waals surface area contributed by atoms with Gasteiger partial charge in [0, 0.05) is 31.9 Å². The third-order valence-corrected chi connectivity index (χ3v) is 4.15. The third kappa shape index (κ3) is 2.89. The van der Waals surface area contributed by atoms with Crippen molar-refractivity contribution in [2.75, 3.05) is 36.0 Å². The number of rotatable bonds is 2. The Bertz CT molecular complexity index is 709. The number of nitriles is 1. The maximum absolute atomic E-state index is 8.96. The molecule has 1 aliphatic heterocycles. The van der Waals surface area contributed by atoms with Crippen molar-refractivity contribution in [3.05, 3.63) is 53.2 Å². The van der Waals surface area contributed by atoms with Gasteiger partial charge in [0.2, 0.25) is 0 Å². The van der Waals surface area contributed by atoms with Crippen LogP contribution in [0.15, 0.2) is 36.4 Å². The Labute approximate surface area is 131 Å². The molecule has 0 radical (unpaired) electrons. The van der Waals surface area contributed by atoms with Gasteiger partial charge in [-0.2, -0.15) is 5.26 Å². The minimum Gasteiger partial charge on any atom is -0.368 e. The molecule has 0 unspecified atom stereocenters. The van der Waals surface area contributed by atoms with E-state index >= 15 is 0 Å². The van der Waals surface area contributed by atoms with Crippen molar-refractivity contribution in [1.82, 2.24) is 4.98 Å².